The Balaban J connectivity index is 1.19. The van der Waals surface area contributed by atoms with Gasteiger partial charge in [0.25, 0.3) is 51.8 Å². The van der Waals surface area contributed by atoms with Crippen molar-refractivity contribution in [1.29, 1.82) is 0 Å². The molecule has 8 aromatic rings. The van der Waals surface area contributed by atoms with Crippen molar-refractivity contribution in [2.45, 2.75) is 29.4 Å². The van der Waals surface area contributed by atoms with Crippen molar-refractivity contribution in [3.63, 3.8) is 0 Å². The Kier molecular flexibility index (Phi) is 17.3. The van der Waals surface area contributed by atoms with E-state index < -0.39 is 143 Å². The molecule has 0 aliphatic carbocycles. The van der Waals surface area contributed by atoms with E-state index in [-0.39, 0.29) is 72.5 Å². The van der Waals surface area contributed by atoms with Gasteiger partial charge in [0.15, 0.2) is 17.2 Å². The number of aromatic hydroxyl groups is 3. The van der Waals surface area contributed by atoms with Gasteiger partial charge in [-0.05, 0) is 89.0 Å². The molecule has 0 unspecified atom stereocenters. The molecule has 0 amide bonds. The van der Waals surface area contributed by atoms with Crippen molar-refractivity contribution in [2.24, 2.45) is 40.9 Å². The van der Waals surface area contributed by atoms with Crippen molar-refractivity contribution in [1.82, 2.24) is 0 Å². The molecular formula is C42H27N11O25S6. The fourth-order valence-corrected chi connectivity index (χ4v) is 11.1. The lowest BCUT2D eigenvalue weighted by Crippen LogP contribution is -2.03. The van der Waals surface area contributed by atoms with Crippen molar-refractivity contribution < 1.29 is 106 Å². The minimum Gasteiger partial charge on any atom is -0.505 e. The van der Waals surface area contributed by atoms with Gasteiger partial charge in [0.2, 0.25) is 0 Å². The van der Waals surface area contributed by atoms with E-state index in [9.17, 15) is 87.4 Å². The van der Waals surface area contributed by atoms with E-state index >= 15 is 0 Å². The topological polar surface area (TPSA) is 567 Å². The molecule has 11 N–H and O–H groups in total. The molecule has 0 aliphatic rings. The van der Waals surface area contributed by atoms with Crippen LogP contribution in [-0.4, -0.2) is 87.6 Å². The number of nitrogen functional groups attached to an aromatic ring is 1. The van der Waals surface area contributed by atoms with E-state index in [1.165, 1.54) is 18.2 Å². The van der Waals surface area contributed by atoms with Gasteiger partial charge in [0.1, 0.15) is 53.7 Å². The summed E-state index contributed by atoms with van der Waals surface area (Å²) in [5, 5.41) is 110. The number of nitro groups is 2. The number of hydrogen-bond acceptors (Lipinski definition) is 32. The lowest BCUT2D eigenvalue weighted by molar-refractivity contribution is -0.432. The predicted molar refractivity (Wildman–Crippen MR) is 285 cm³/mol. The normalized spacial score (nSPS) is 12.8. The summed E-state index contributed by atoms with van der Waals surface area (Å²) in [5.74, 6) is -2.86. The summed E-state index contributed by atoms with van der Waals surface area (Å²) in [4.78, 5) is 15.9. The Morgan fingerprint density at radius 2 is 0.857 bits per heavy atom. The highest BCUT2D eigenvalue weighted by molar-refractivity contribution is 7.95. The first-order chi connectivity index (χ1) is 39.4. The Labute approximate surface area is 473 Å². The molecule has 8 rings (SSSR count). The van der Waals surface area contributed by atoms with Crippen LogP contribution in [0.5, 0.6) is 17.2 Å². The van der Waals surface area contributed by atoms with Crippen LogP contribution in [0.15, 0.2) is 167 Å². The number of rotatable bonds is 20. The van der Waals surface area contributed by atoms with E-state index in [0.29, 0.717) is 18.2 Å². The van der Waals surface area contributed by atoms with E-state index in [4.69, 9.17) is 16.2 Å². The van der Waals surface area contributed by atoms with Gasteiger partial charge in [0.05, 0.1) is 66.2 Å². The lowest BCUT2D eigenvalue weighted by Gasteiger charge is -2.14. The van der Waals surface area contributed by atoms with Gasteiger partial charge in [-0.15, -0.1) is 39.4 Å². The van der Waals surface area contributed by atoms with Crippen LogP contribution in [-0.2, 0) is 59.2 Å². The average Bonchev–Trinajstić information content (AvgIpc) is 1.04. The third kappa shape index (κ3) is 13.0. The fourth-order valence-electron chi connectivity index (χ4n) is 7.56. The average molecular weight is 1280 g/mol. The molecular weight excluding hydrogens is 1250 g/mol. The summed E-state index contributed by atoms with van der Waals surface area (Å²) in [6.07, 6.45) is 0. The fraction of sp³-hybridized carbons (Fsp3) is 0. The molecule has 0 aliphatic heterocycles. The first-order valence-corrected chi connectivity index (χ1v) is 28.8. The quantitative estimate of drug-likeness (QED) is 0.00644. The molecule has 436 valence electrons. The van der Waals surface area contributed by atoms with E-state index in [1.54, 1.807) is 0 Å². The first-order valence-electron chi connectivity index (χ1n) is 21.6. The van der Waals surface area contributed by atoms with Gasteiger partial charge in [0, 0.05) is 35.0 Å². The van der Waals surface area contributed by atoms with E-state index in [0.717, 1.165) is 60.7 Å². The predicted octanol–water partition coefficient (Wildman–Crippen LogP) is 11.2. The molecule has 8 aromatic carbocycles. The minimum atomic E-state index is -5.44. The summed E-state index contributed by atoms with van der Waals surface area (Å²) in [7, 11) is -21.3. The largest absolute Gasteiger partial charge is 0.505 e. The van der Waals surface area contributed by atoms with Crippen LogP contribution in [0.2, 0.25) is 0 Å². The zero-order chi connectivity index (χ0) is 61.4. The smallest absolute Gasteiger partial charge is 0.297 e. The number of phenols is 3. The van der Waals surface area contributed by atoms with E-state index in [1.807, 2.05) is 0 Å². The van der Waals surface area contributed by atoms with Gasteiger partial charge in [-0.25, -0.2) is 10.5 Å². The number of nitro benzene ring substituents is 2. The molecule has 84 heavy (non-hydrogen) atoms. The Morgan fingerprint density at radius 1 is 0.440 bits per heavy atom. The minimum absolute atomic E-state index is 0.0163. The SMILES string of the molecule is Nc1c(N=Nc2ccc3c(O)c(N=Nc4ccc([N+](=O)[O-])cc4SOOO)c(S(=O)(=O)O)cc3c2)c(S(=O)(=O)O)cc2cc(S(=O)(=O)O)c(N=Nc3ccc4c(O)c(N=Nc5ccc([N+](=O)[O-])cc5S(=O)(=O)O)c(SOOO)cc4c3)c(O)c12. The van der Waals surface area contributed by atoms with Crippen LogP contribution in [0.25, 0.3) is 32.3 Å². The van der Waals surface area contributed by atoms with Crippen molar-refractivity contribution in [3.05, 3.63) is 117 Å². The summed E-state index contributed by atoms with van der Waals surface area (Å²) < 4.78 is 150. The zero-order valence-electron chi connectivity index (χ0n) is 40.3. The summed E-state index contributed by atoms with van der Waals surface area (Å²) in [5.41, 5.74) is -0.460. The molecule has 42 heteroatoms. The third-order valence-corrected chi connectivity index (χ3v) is 15.9. The molecule has 0 aromatic heterocycles. The maximum absolute atomic E-state index is 12.8. The molecule has 0 bridgehead atoms. The van der Waals surface area contributed by atoms with E-state index in [2.05, 4.69) is 59.7 Å². The second kappa shape index (κ2) is 23.7. The van der Waals surface area contributed by atoms with Crippen molar-refractivity contribution in [3.8, 4) is 17.2 Å². The maximum Gasteiger partial charge on any atom is 0.297 e. The van der Waals surface area contributed by atoms with Gasteiger partial charge in [-0.2, -0.15) is 43.9 Å². The van der Waals surface area contributed by atoms with Crippen LogP contribution in [0, 0.1) is 20.2 Å². The molecule has 0 atom stereocenters. The summed E-state index contributed by atoms with van der Waals surface area (Å²) in [6.45, 7) is 0. The zero-order valence-corrected chi connectivity index (χ0v) is 45.2. The molecule has 0 saturated carbocycles. The highest BCUT2D eigenvalue weighted by atomic mass is 32.2. The number of non-ortho nitro benzene ring substituents is 2. The van der Waals surface area contributed by atoms with Crippen LogP contribution in [0.3, 0.4) is 0 Å². The molecule has 0 heterocycles. The lowest BCUT2D eigenvalue weighted by atomic mass is 10.0. The number of fused-ring (bicyclic) bond motifs is 3. The van der Waals surface area contributed by atoms with Crippen LogP contribution in [0.4, 0.5) is 62.6 Å². The van der Waals surface area contributed by atoms with Crippen molar-refractivity contribution >= 4 is 159 Å². The molecule has 0 spiro atoms. The molecule has 0 saturated heterocycles. The molecule has 0 radical (unpaired) electrons. The summed E-state index contributed by atoms with van der Waals surface area (Å²) >= 11 is 0.409. The van der Waals surface area contributed by atoms with Gasteiger partial charge in [-0.3, -0.25) is 38.4 Å². The molecule has 0 fully saturated rings. The highest BCUT2D eigenvalue weighted by Crippen LogP contribution is 2.50. The second-order valence-electron chi connectivity index (χ2n) is 16.2. The Bertz CT molecular complexity index is 4730. The number of azo groups is 4. The third-order valence-electron chi connectivity index (χ3n) is 11.2. The van der Waals surface area contributed by atoms with Crippen LogP contribution in [0.1, 0.15) is 0 Å². The first kappa shape index (κ1) is 61.1. The second-order valence-corrected chi connectivity index (χ2v) is 23.3. The van der Waals surface area contributed by atoms with Crippen LogP contribution >= 0.6 is 24.1 Å². The monoisotopic (exact) mass is 1280 g/mol. The van der Waals surface area contributed by atoms with Gasteiger partial charge >= 0.3 is 0 Å². The number of phenolic OH excluding ortho intramolecular Hbond substituents is 3. The standard InChI is InChI=1S/C42H27N11O25S6/c43-35-34-19(13-31(82(66,67)68)37(35)49-44-21-2-6-25-18(10-21)12-32(83(69,70)71)38(41(25)55)51-46-26-7-3-22(52(57)58)15-28(26)79-77-75-61)14-33(84(72,73)74)39(42(34)56)50-45-20-1-5-24-17(9-20)11-29(80-78-76-62)36(40(24)54)48-47-27-8-4-23(53(59)60)16-30(27)81(63,64)65/h1-16,54-56,61-62H,43H2,(H,63,64,65)(H,66,67,68)(H,69,70,71)(H,72,73,74). The molecule has 36 nitrogen and oxygen atoms in total. The number of anilines is 1. The van der Waals surface area contributed by atoms with Gasteiger partial charge in [-0.1, -0.05) is 10.1 Å². The number of benzene rings is 8. The Morgan fingerprint density at radius 3 is 1.38 bits per heavy atom. The van der Waals surface area contributed by atoms with Crippen molar-refractivity contribution in [2.75, 3.05) is 5.73 Å². The van der Waals surface area contributed by atoms with Gasteiger partial charge < -0.3 is 21.1 Å². The van der Waals surface area contributed by atoms with Crippen LogP contribution < -0.4 is 5.73 Å². The number of nitrogens with two attached hydrogens (primary N) is 1. The number of nitrogens with zero attached hydrogens (tertiary/aromatic N) is 10. The number of hydrogen-bond donors (Lipinski definition) is 10. The summed E-state index contributed by atoms with van der Waals surface area (Å²) in [6, 6.07) is 14.9. The Hall–Kier alpha value is -8.96. The highest BCUT2D eigenvalue weighted by Gasteiger charge is 2.29. The maximum atomic E-state index is 12.8.